The van der Waals surface area contributed by atoms with Crippen LogP contribution < -0.4 is 10.9 Å². The highest BCUT2D eigenvalue weighted by atomic mass is 32.1. The zero-order valence-electron chi connectivity index (χ0n) is 13.1. The van der Waals surface area contributed by atoms with Crippen molar-refractivity contribution in [3.8, 4) is 0 Å². The van der Waals surface area contributed by atoms with E-state index >= 15 is 0 Å². The zero-order chi connectivity index (χ0) is 17.1. The molecule has 0 aliphatic heterocycles. The van der Waals surface area contributed by atoms with Gasteiger partial charge >= 0.3 is 5.63 Å². The van der Waals surface area contributed by atoms with Crippen LogP contribution in [0.5, 0.6) is 0 Å². The van der Waals surface area contributed by atoms with Crippen LogP contribution in [-0.4, -0.2) is 15.9 Å². The lowest BCUT2D eigenvalue weighted by atomic mass is 10.2. The maximum absolute atomic E-state index is 12.0. The van der Waals surface area contributed by atoms with Crippen molar-refractivity contribution in [1.29, 1.82) is 0 Å². The Kier molecular flexibility index (Phi) is 4.52. The van der Waals surface area contributed by atoms with Gasteiger partial charge in [0.25, 0.3) is 0 Å². The summed E-state index contributed by atoms with van der Waals surface area (Å²) in [5.74, 6) is -0.131. The number of nitrogens with zero attached hydrogens (tertiary/aromatic N) is 2. The molecule has 24 heavy (non-hydrogen) atoms. The quantitative estimate of drug-likeness (QED) is 0.738. The highest BCUT2D eigenvalue weighted by Crippen LogP contribution is 2.22. The second-order valence-electron chi connectivity index (χ2n) is 5.26. The molecular weight excluding hydrogens is 326 g/mol. The molecule has 0 bridgehead atoms. The minimum atomic E-state index is -0.523. The van der Waals surface area contributed by atoms with E-state index in [1.807, 2.05) is 18.4 Å². The number of fused-ring (bicyclic) bond motifs is 1. The summed E-state index contributed by atoms with van der Waals surface area (Å²) in [5.41, 5.74) is 1.09. The summed E-state index contributed by atoms with van der Waals surface area (Å²) in [5, 5.41) is 5.08. The van der Waals surface area contributed by atoms with Gasteiger partial charge in [0.15, 0.2) is 0 Å². The number of rotatable bonds is 4. The second kappa shape index (κ2) is 6.76. The summed E-state index contributed by atoms with van der Waals surface area (Å²) < 4.78 is 5.24. The Hall–Kier alpha value is -2.80. The molecule has 3 heterocycles. The van der Waals surface area contributed by atoms with E-state index in [0.717, 1.165) is 5.56 Å². The van der Waals surface area contributed by atoms with E-state index in [4.69, 9.17) is 4.42 Å². The van der Waals surface area contributed by atoms with Crippen LogP contribution in [0.1, 0.15) is 30.1 Å². The molecule has 0 radical (unpaired) electrons. The molecule has 1 N–H and O–H groups in total. The van der Waals surface area contributed by atoms with Crippen LogP contribution in [0.3, 0.4) is 0 Å². The third kappa shape index (κ3) is 3.41. The summed E-state index contributed by atoms with van der Waals surface area (Å²) in [6.45, 7) is 3.55. The van der Waals surface area contributed by atoms with Crippen molar-refractivity contribution in [2.75, 3.05) is 0 Å². The van der Waals surface area contributed by atoms with Crippen LogP contribution in [-0.2, 0) is 4.79 Å². The van der Waals surface area contributed by atoms with Crippen molar-refractivity contribution in [3.63, 3.8) is 0 Å². The van der Waals surface area contributed by atoms with Crippen molar-refractivity contribution in [3.05, 3.63) is 63.4 Å². The molecule has 0 unspecified atom stereocenters. The van der Waals surface area contributed by atoms with Gasteiger partial charge in [0.2, 0.25) is 11.8 Å². The van der Waals surface area contributed by atoms with Gasteiger partial charge in [0, 0.05) is 12.3 Å². The van der Waals surface area contributed by atoms with E-state index in [-0.39, 0.29) is 11.8 Å². The number of thiophene rings is 1. The minimum Gasteiger partial charge on any atom is -0.406 e. The van der Waals surface area contributed by atoms with E-state index in [1.165, 1.54) is 17.4 Å². The highest BCUT2D eigenvalue weighted by Gasteiger charge is 2.16. The Morgan fingerprint density at radius 2 is 2.25 bits per heavy atom. The molecule has 0 aliphatic rings. The Balaban J connectivity index is 1.75. The fourth-order valence-corrected chi connectivity index (χ4v) is 3.09. The van der Waals surface area contributed by atoms with E-state index in [1.54, 1.807) is 31.3 Å². The van der Waals surface area contributed by atoms with Gasteiger partial charge in [-0.1, -0.05) is 6.07 Å². The molecule has 0 spiro atoms. The molecule has 3 aromatic rings. The van der Waals surface area contributed by atoms with Gasteiger partial charge in [-0.2, -0.15) is 0 Å². The average Bonchev–Trinajstić information content (AvgIpc) is 2.95. The normalized spacial score (nSPS) is 12.6. The molecule has 0 saturated carbocycles. The Bertz CT molecular complexity index is 960. The summed E-state index contributed by atoms with van der Waals surface area (Å²) >= 11 is 1.38. The summed E-state index contributed by atoms with van der Waals surface area (Å²) in [7, 11) is 0. The lowest BCUT2D eigenvalue weighted by molar-refractivity contribution is -0.117. The van der Waals surface area contributed by atoms with Crippen molar-refractivity contribution in [1.82, 2.24) is 15.3 Å². The molecule has 1 amide bonds. The Labute approximate surface area is 141 Å². The molecule has 0 saturated heterocycles. The van der Waals surface area contributed by atoms with E-state index in [9.17, 15) is 9.59 Å². The van der Waals surface area contributed by atoms with Crippen molar-refractivity contribution in [2.45, 2.75) is 19.9 Å². The molecule has 3 aromatic heterocycles. The molecule has 1 atom stereocenters. The fraction of sp³-hybridized carbons (Fsp3) is 0.176. The first-order valence-electron chi connectivity index (χ1n) is 7.33. The van der Waals surface area contributed by atoms with Gasteiger partial charge in [-0.3, -0.25) is 9.78 Å². The Morgan fingerprint density at radius 3 is 3.00 bits per heavy atom. The lowest BCUT2D eigenvalue weighted by Gasteiger charge is -2.10. The van der Waals surface area contributed by atoms with Gasteiger partial charge in [0.1, 0.15) is 10.9 Å². The number of hydrogen-bond donors (Lipinski definition) is 1. The van der Waals surface area contributed by atoms with Crippen LogP contribution >= 0.6 is 11.3 Å². The molecule has 122 valence electrons. The van der Waals surface area contributed by atoms with E-state index in [0.29, 0.717) is 15.9 Å². The van der Waals surface area contributed by atoms with Crippen LogP contribution in [0.25, 0.3) is 16.3 Å². The largest absolute Gasteiger partial charge is 0.406 e. The summed E-state index contributed by atoms with van der Waals surface area (Å²) in [6.07, 6.45) is 4.64. The number of carbonyl (C=O) groups excluding carboxylic acids is 1. The second-order valence-corrected chi connectivity index (χ2v) is 6.11. The fourth-order valence-electron chi connectivity index (χ4n) is 2.17. The average molecular weight is 341 g/mol. The highest BCUT2D eigenvalue weighted by molar-refractivity contribution is 7.16. The first-order chi connectivity index (χ1) is 11.5. The SMILES string of the molecule is Cc1csc2nc([C@H](C)NC(=O)/C=C/c3ccccn3)oc(=O)c12. The molecule has 7 heteroatoms. The predicted molar refractivity (Wildman–Crippen MR) is 92.7 cm³/mol. The van der Waals surface area contributed by atoms with Crippen molar-refractivity contribution >= 4 is 33.5 Å². The van der Waals surface area contributed by atoms with E-state index < -0.39 is 11.7 Å². The van der Waals surface area contributed by atoms with E-state index in [2.05, 4.69) is 15.3 Å². The van der Waals surface area contributed by atoms with Crippen LogP contribution in [0, 0.1) is 6.92 Å². The molecule has 6 nitrogen and oxygen atoms in total. The number of carbonyl (C=O) groups is 1. The molecule has 0 aliphatic carbocycles. The van der Waals surface area contributed by atoms with Crippen LogP contribution in [0.2, 0.25) is 0 Å². The molecular formula is C17H15N3O3S. The smallest absolute Gasteiger partial charge is 0.348 e. The monoisotopic (exact) mass is 341 g/mol. The van der Waals surface area contributed by atoms with Crippen molar-refractivity contribution < 1.29 is 9.21 Å². The van der Waals surface area contributed by atoms with Crippen LogP contribution in [0.4, 0.5) is 0 Å². The number of amides is 1. The van der Waals surface area contributed by atoms with Crippen LogP contribution in [0.15, 0.2) is 45.1 Å². The Morgan fingerprint density at radius 1 is 1.42 bits per heavy atom. The standard InChI is InChI=1S/C17H15N3O3S/c1-10-9-24-16-14(10)17(22)23-15(20-16)11(2)19-13(21)7-6-12-5-3-4-8-18-12/h3-9,11H,1-2H3,(H,19,21)/b7-6+/t11-/m0/s1. The lowest BCUT2D eigenvalue weighted by Crippen LogP contribution is -2.26. The number of hydrogen-bond acceptors (Lipinski definition) is 6. The van der Waals surface area contributed by atoms with Gasteiger partial charge in [-0.15, -0.1) is 11.3 Å². The van der Waals surface area contributed by atoms with Gasteiger partial charge in [-0.05, 0) is 43.0 Å². The minimum absolute atomic E-state index is 0.189. The number of nitrogens with one attached hydrogen (secondary N) is 1. The molecule has 0 fully saturated rings. The summed E-state index contributed by atoms with van der Waals surface area (Å²) in [6, 6.07) is 4.91. The van der Waals surface area contributed by atoms with Crippen molar-refractivity contribution in [2.24, 2.45) is 0 Å². The van der Waals surface area contributed by atoms with Gasteiger partial charge < -0.3 is 9.73 Å². The van der Waals surface area contributed by atoms with Gasteiger partial charge in [0.05, 0.1) is 11.1 Å². The van der Waals surface area contributed by atoms with Gasteiger partial charge in [-0.25, -0.2) is 9.78 Å². The molecule has 0 aromatic carbocycles. The third-order valence-electron chi connectivity index (χ3n) is 3.39. The first kappa shape index (κ1) is 16.1. The topological polar surface area (TPSA) is 85.1 Å². The number of aryl methyl sites for hydroxylation is 1. The number of pyridine rings is 1. The molecule has 3 rings (SSSR count). The zero-order valence-corrected chi connectivity index (χ0v) is 14.0. The number of aromatic nitrogens is 2. The first-order valence-corrected chi connectivity index (χ1v) is 8.21. The maximum atomic E-state index is 12.0. The maximum Gasteiger partial charge on any atom is 0.348 e. The third-order valence-corrected chi connectivity index (χ3v) is 4.38. The summed E-state index contributed by atoms with van der Waals surface area (Å²) in [4.78, 5) is 33.1. The predicted octanol–water partition coefficient (Wildman–Crippen LogP) is 2.84.